The van der Waals surface area contributed by atoms with Gasteiger partial charge in [0.2, 0.25) is 0 Å². The standard InChI is InChI=1S/C65H62N2O2S3/c1-7-9-11-13-20-43-38-60(62-44(19-12-10-8-2)37-59(71-62)58-36-33-49(70-58)22-18-21-45(41-66)63(68)69)72-61(43)42-27-29-46(30-28-42)67(47-31-34-52-50-23-14-16-25-54(50)64(3,4)56(52)39-47)48-32-35-53-51-24-15-17-26-55(51)65(5,6)57(53)40-48/h14-18,21-40H,7-13,19-20H2,1-6H3,(H,68,69)/b22-18+,45-21+. The highest BCUT2D eigenvalue weighted by molar-refractivity contribution is 7.27. The summed E-state index contributed by atoms with van der Waals surface area (Å²) in [6.45, 7) is 14.0. The predicted molar refractivity (Wildman–Crippen MR) is 308 cm³/mol. The summed E-state index contributed by atoms with van der Waals surface area (Å²) in [5, 5.41) is 18.5. The summed E-state index contributed by atoms with van der Waals surface area (Å²) in [5.74, 6) is -1.22. The summed E-state index contributed by atoms with van der Waals surface area (Å²) in [6, 6.07) is 52.4. The van der Waals surface area contributed by atoms with Crippen molar-refractivity contribution in [1.82, 2.24) is 0 Å². The van der Waals surface area contributed by atoms with E-state index in [1.54, 1.807) is 23.5 Å². The second kappa shape index (κ2) is 20.5. The highest BCUT2D eigenvalue weighted by Gasteiger charge is 2.38. The first-order valence-corrected chi connectivity index (χ1v) is 28.1. The third kappa shape index (κ3) is 9.26. The molecule has 3 heterocycles. The van der Waals surface area contributed by atoms with Crippen molar-refractivity contribution < 1.29 is 9.90 Å². The molecule has 2 aliphatic carbocycles. The summed E-state index contributed by atoms with van der Waals surface area (Å²) >= 11 is 5.52. The van der Waals surface area contributed by atoms with Crippen LogP contribution >= 0.6 is 34.0 Å². The van der Waals surface area contributed by atoms with Gasteiger partial charge in [-0.05, 0) is 160 Å². The van der Waals surface area contributed by atoms with Crippen LogP contribution in [-0.2, 0) is 28.5 Å². The molecule has 4 nitrogen and oxygen atoms in total. The Kier molecular flexibility index (Phi) is 14.0. The van der Waals surface area contributed by atoms with Gasteiger partial charge in [-0.1, -0.05) is 153 Å². The average Bonchev–Trinajstić information content (AvgIpc) is 4.22. The molecule has 10 rings (SSSR count). The van der Waals surface area contributed by atoms with Gasteiger partial charge in [-0.25, -0.2) is 4.79 Å². The fraction of sp³-hybridized carbons (Fsp3) is 0.262. The number of fused-ring (bicyclic) bond motifs is 6. The third-order valence-corrected chi connectivity index (χ3v) is 18.8. The number of aliphatic carboxylic acids is 1. The number of nitrogens with zero attached hydrogens (tertiary/aromatic N) is 2. The van der Waals surface area contributed by atoms with Gasteiger partial charge in [0.05, 0.1) is 0 Å². The Morgan fingerprint density at radius 1 is 0.569 bits per heavy atom. The fourth-order valence-electron chi connectivity index (χ4n) is 11.1. The smallest absolute Gasteiger partial charge is 0.346 e. The van der Waals surface area contributed by atoms with E-state index in [1.165, 1.54) is 130 Å². The Morgan fingerprint density at radius 3 is 1.69 bits per heavy atom. The van der Waals surface area contributed by atoms with E-state index in [1.807, 2.05) is 28.7 Å². The van der Waals surface area contributed by atoms with Crippen LogP contribution in [-0.4, -0.2) is 11.1 Å². The minimum absolute atomic E-state index is 0.126. The molecule has 0 bridgehead atoms. The van der Waals surface area contributed by atoms with Crippen LogP contribution in [0.1, 0.15) is 125 Å². The maximum atomic E-state index is 11.3. The normalized spacial score (nSPS) is 14.0. The first-order valence-electron chi connectivity index (χ1n) is 25.7. The molecule has 0 saturated carbocycles. The van der Waals surface area contributed by atoms with Crippen LogP contribution in [0.3, 0.4) is 0 Å². The zero-order valence-electron chi connectivity index (χ0n) is 42.3. The molecule has 0 unspecified atom stereocenters. The largest absolute Gasteiger partial charge is 0.477 e. The molecule has 362 valence electrons. The second-order valence-electron chi connectivity index (χ2n) is 20.4. The molecule has 0 amide bonds. The lowest BCUT2D eigenvalue weighted by molar-refractivity contribution is -0.132. The molecule has 0 spiro atoms. The summed E-state index contributed by atoms with van der Waals surface area (Å²) in [7, 11) is 0. The molecule has 0 fully saturated rings. The van der Waals surface area contributed by atoms with Gasteiger partial charge >= 0.3 is 5.97 Å². The number of rotatable bonds is 18. The molecule has 0 saturated heterocycles. The molecular weight excluding hydrogens is 937 g/mol. The fourth-order valence-corrected chi connectivity index (χ4v) is 14.6. The molecule has 0 radical (unpaired) electrons. The maximum Gasteiger partial charge on any atom is 0.346 e. The zero-order chi connectivity index (χ0) is 50.1. The molecule has 5 aromatic carbocycles. The third-order valence-electron chi connectivity index (χ3n) is 15.0. The molecular formula is C65H62N2O2S3. The molecule has 72 heavy (non-hydrogen) atoms. The number of hydrogen-bond donors (Lipinski definition) is 1. The van der Waals surface area contributed by atoms with Gasteiger partial charge in [0.1, 0.15) is 11.6 Å². The van der Waals surface area contributed by atoms with Gasteiger partial charge in [-0.2, -0.15) is 5.26 Å². The summed E-state index contributed by atoms with van der Waals surface area (Å²) < 4.78 is 0. The molecule has 3 aromatic heterocycles. The Morgan fingerprint density at radius 2 is 1.10 bits per heavy atom. The van der Waals surface area contributed by atoms with Gasteiger partial charge in [0.25, 0.3) is 0 Å². The number of benzene rings is 5. The van der Waals surface area contributed by atoms with Crippen molar-refractivity contribution in [2.24, 2.45) is 0 Å². The van der Waals surface area contributed by atoms with E-state index >= 15 is 0 Å². The van der Waals surface area contributed by atoms with E-state index in [0.29, 0.717) is 0 Å². The van der Waals surface area contributed by atoms with Crippen molar-refractivity contribution in [2.45, 2.75) is 110 Å². The zero-order valence-corrected chi connectivity index (χ0v) is 44.7. The van der Waals surface area contributed by atoms with Crippen LogP contribution in [0.25, 0.3) is 58.3 Å². The molecule has 0 aliphatic heterocycles. The van der Waals surface area contributed by atoms with E-state index < -0.39 is 5.97 Å². The van der Waals surface area contributed by atoms with E-state index in [4.69, 9.17) is 0 Å². The number of carbonyl (C=O) groups is 1. The van der Waals surface area contributed by atoms with Crippen molar-refractivity contribution in [2.75, 3.05) is 4.90 Å². The topological polar surface area (TPSA) is 64.3 Å². The number of thiophene rings is 3. The van der Waals surface area contributed by atoms with Crippen LogP contribution in [0.4, 0.5) is 17.1 Å². The van der Waals surface area contributed by atoms with E-state index in [-0.39, 0.29) is 16.4 Å². The Labute approximate surface area is 438 Å². The summed E-state index contributed by atoms with van der Waals surface area (Å²) in [6.07, 6.45) is 15.3. The molecule has 2 aliphatic rings. The quantitative estimate of drug-likeness (QED) is 0.0403. The number of aryl methyl sites for hydroxylation is 2. The van der Waals surface area contributed by atoms with E-state index in [9.17, 15) is 15.2 Å². The predicted octanol–water partition coefficient (Wildman–Crippen LogP) is 19.4. The van der Waals surface area contributed by atoms with Crippen LogP contribution in [0.15, 0.2) is 151 Å². The average molecular weight is 999 g/mol. The Bertz CT molecular complexity index is 3310. The summed E-state index contributed by atoms with van der Waals surface area (Å²) in [4.78, 5) is 21.3. The number of nitriles is 1. The molecule has 0 atom stereocenters. The van der Waals surface area contributed by atoms with Crippen LogP contribution in [0.5, 0.6) is 0 Å². The van der Waals surface area contributed by atoms with Crippen molar-refractivity contribution in [3.8, 4) is 58.3 Å². The summed E-state index contributed by atoms with van der Waals surface area (Å²) in [5.41, 5.74) is 17.8. The van der Waals surface area contributed by atoms with Crippen LogP contribution in [0, 0.1) is 11.3 Å². The van der Waals surface area contributed by atoms with Crippen molar-refractivity contribution in [3.05, 3.63) is 189 Å². The van der Waals surface area contributed by atoms with Crippen molar-refractivity contribution >= 4 is 63.1 Å². The number of allylic oxidation sites excluding steroid dienone is 2. The second-order valence-corrected chi connectivity index (χ2v) is 23.7. The van der Waals surface area contributed by atoms with E-state index in [2.05, 4.69) is 180 Å². The molecule has 7 heteroatoms. The van der Waals surface area contributed by atoms with Crippen molar-refractivity contribution in [3.63, 3.8) is 0 Å². The van der Waals surface area contributed by atoms with E-state index in [0.717, 1.165) is 41.2 Å². The number of hydrogen-bond acceptors (Lipinski definition) is 6. The lowest BCUT2D eigenvalue weighted by Crippen LogP contribution is -2.18. The van der Waals surface area contributed by atoms with Gasteiger partial charge in [-0.3, -0.25) is 0 Å². The minimum atomic E-state index is -1.22. The number of carboxylic acid groups (broad SMARTS) is 1. The van der Waals surface area contributed by atoms with Gasteiger partial charge in [-0.15, -0.1) is 34.0 Å². The highest BCUT2D eigenvalue weighted by Crippen LogP contribution is 2.54. The number of carboxylic acids is 1. The van der Waals surface area contributed by atoms with Gasteiger partial charge < -0.3 is 10.0 Å². The lowest BCUT2D eigenvalue weighted by Gasteiger charge is -2.30. The number of unbranched alkanes of at least 4 members (excludes halogenated alkanes) is 5. The number of anilines is 3. The molecule has 1 N–H and O–H groups in total. The first-order chi connectivity index (χ1) is 34.9. The molecule has 8 aromatic rings. The monoisotopic (exact) mass is 998 g/mol. The SMILES string of the molecule is CCCCCCc1cc(-c2sc(-c3ccc(/C=C/C=C(\C#N)C(=O)O)s3)cc2CCCCC)sc1-c1ccc(N(c2ccc3c(c2)C(C)(C)c2ccccc2-3)c2ccc3c(c2)C(C)(C)c2ccccc2-3)cc1. The van der Waals surface area contributed by atoms with Gasteiger partial charge in [0.15, 0.2) is 0 Å². The Hall–Kier alpha value is -6.56. The lowest BCUT2D eigenvalue weighted by atomic mass is 9.82. The first kappa shape index (κ1) is 49.0. The van der Waals surface area contributed by atoms with Gasteiger partial charge in [0, 0.05) is 57.2 Å². The highest BCUT2D eigenvalue weighted by atomic mass is 32.1. The minimum Gasteiger partial charge on any atom is -0.477 e. The van der Waals surface area contributed by atoms with Crippen molar-refractivity contribution in [1.29, 1.82) is 5.26 Å². The van der Waals surface area contributed by atoms with Crippen LogP contribution in [0.2, 0.25) is 0 Å². The maximum absolute atomic E-state index is 11.3. The Balaban J connectivity index is 1.04. The van der Waals surface area contributed by atoms with Crippen LogP contribution < -0.4 is 4.90 Å².